The SMILES string of the molecule is CCC(=O)NC1CC(C(=O)NC)CC1c1nc(-c2ccccc2)no1. The van der Waals surface area contributed by atoms with Crippen LogP contribution >= 0.6 is 0 Å². The van der Waals surface area contributed by atoms with Crippen LogP contribution < -0.4 is 10.6 Å². The Morgan fingerprint density at radius 3 is 2.68 bits per heavy atom. The van der Waals surface area contributed by atoms with Gasteiger partial charge in [-0.2, -0.15) is 4.98 Å². The van der Waals surface area contributed by atoms with Crippen molar-refractivity contribution in [2.24, 2.45) is 5.92 Å². The van der Waals surface area contributed by atoms with Crippen molar-refractivity contribution < 1.29 is 14.1 Å². The maximum absolute atomic E-state index is 12.0. The smallest absolute Gasteiger partial charge is 0.232 e. The Morgan fingerprint density at radius 1 is 1.24 bits per heavy atom. The number of rotatable bonds is 5. The van der Waals surface area contributed by atoms with Crippen LogP contribution in [0.4, 0.5) is 0 Å². The first kappa shape index (κ1) is 17.1. The molecule has 1 aliphatic carbocycles. The summed E-state index contributed by atoms with van der Waals surface area (Å²) in [4.78, 5) is 28.4. The van der Waals surface area contributed by atoms with E-state index in [4.69, 9.17) is 4.52 Å². The minimum Gasteiger partial charge on any atom is -0.359 e. The zero-order valence-corrected chi connectivity index (χ0v) is 14.4. The first-order chi connectivity index (χ1) is 12.1. The molecule has 2 aromatic rings. The summed E-state index contributed by atoms with van der Waals surface area (Å²) >= 11 is 0. The second-order valence-electron chi connectivity index (χ2n) is 6.24. The number of nitrogens with zero attached hydrogens (tertiary/aromatic N) is 2. The molecule has 7 nitrogen and oxygen atoms in total. The quantitative estimate of drug-likeness (QED) is 0.864. The van der Waals surface area contributed by atoms with E-state index in [1.807, 2.05) is 30.3 Å². The molecule has 1 aliphatic rings. The lowest BCUT2D eigenvalue weighted by Gasteiger charge is -2.17. The molecule has 0 spiro atoms. The van der Waals surface area contributed by atoms with Crippen LogP contribution in [0.1, 0.15) is 38.0 Å². The van der Waals surface area contributed by atoms with Crippen molar-refractivity contribution in [1.82, 2.24) is 20.8 Å². The van der Waals surface area contributed by atoms with E-state index >= 15 is 0 Å². The van der Waals surface area contributed by atoms with E-state index in [-0.39, 0.29) is 29.7 Å². The molecule has 7 heteroatoms. The van der Waals surface area contributed by atoms with Gasteiger partial charge in [0.15, 0.2) is 0 Å². The Kier molecular flexibility index (Phi) is 5.11. The fourth-order valence-corrected chi connectivity index (χ4v) is 3.29. The van der Waals surface area contributed by atoms with Crippen LogP contribution in [0.2, 0.25) is 0 Å². The Labute approximate surface area is 146 Å². The molecule has 0 saturated heterocycles. The van der Waals surface area contributed by atoms with Crippen LogP contribution in [0.25, 0.3) is 11.4 Å². The van der Waals surface area contributed by atoms with Crippen molar-refractivity contribution in [2.45, 2.75) is 38.1 Å². The first-order valence-electron chi connectivity index (χ1n) is 8.52. The summed E-state index contributed by atoms with van der Waals surface area (Å²) in [7, 11) is 1.62. The molecule has 1 aromatic carbocycles. The standard InChI is InChI=1S/C18H22N4O3/c1-3-15(23)20-14-10-12(17(24)19-2)9-13(14)18-21-16(22-25-18)11-7-5-4-6-8-11/h4-8,12-14H,3,9-10H2,1-2H3,(H,19,24)(H,20,23). The van der Waals surface area contributed by atoms with E-state index in [0.29, 0.717) is 31.0 Å². The lowest BCUT2D eigenvalue weighted by Crippen LogP contribution is -2.36. The van der Waals surface area contributed by atoms with Gasteiger partial charge in [0.1, 0.15) is 0 Å². The number of carbonyl (C=O) groups excluding carboxylic acids is 2. The van der Waals surface area contributed by atoms with Crippen molar-refractivity contribution in [2.75, 3.05) is 7.05 Å². The third-order valence-corrected chi connectivity index (χ3v) is 4.64. The Balaban J connectivity index is 1.83. The molecule has 1 heterocycles. The van der Waals surface area contributed by atoms with Gasteiger partial charge in [-0.05, 0) is 12.8 Å². The van der Waals surface area contributed by atoms with E-state index < -0.39 is 0 Å². The summed E-state index contributed by atoms with van der Waals surface area (Å²) in [6.07, 6.45) is 1.54. The van der Waals surface area contributed by atoms with Crippen molar-refractivity contribution in [3.05, 3.63) is 36.2 Å². The molecule has 0 radical (unpaired) electrons. The summed E-state index contributed by atoms with van der Waals surface area (Å²) in [5.74, 6) is 0.564. The minimum atomic E-state index is -0.182. The van der Waals surface area contributed by atoms with E-state index in [2.05, 4.69) is 20.8 Å². The number of hydrogen-bond donors (Lipinski definition) is 2. The highest BCUT2D eigenvalue weighted by Crippen LogP contribution is 2.38. The topological polar surface area (TPSA) is 97.1 Å². The lowest BCUT2D eigenvalue weighted by atomic mass is 10.0. The van der Waals surface area contributed by atoms with Crippen molar-refractivity contribution in [3.8, 4) is 11.4 Å². The maximum atomic E-state index is 12.0. The summed E-state index contributed by atoms with van der Waals surface area (Å²) in [6.45, 7) is 1.80. The largest absolute Gasteiger partial charge is 0.359 e. The van der Waals surface area contributed by atoms with Gasteiger partial charge in [-0.3, -0.25) is 9.59 Å². The predicted octanol–water partition coefficient (Wildman–Crippen LogP) is 1.87. The number of aromatic nitrogens is 2. The highest BCUT2D eigenvalue weighted by atomic mass is 16.5. The average Bonchev–Trinajstić information content (AvgIpc) is 3.28. The molecular weight excluding hydrogens is 320 g/mol. The fourth-order valence-electron chi connectivity index (χ4n) is 3.29. The van der Waals surface area contributed by atoms with E-state index in [1.54, 1.807) is 14.0 Å². The van der Waals surface area contributed by atoms with E-state index in [0.717, 1.165) is 5.56 Å². The van der Waals surface area contributed by atoms with Crippen LogP contribution in [0.3, 0.4) is 0 Å². The molecule has 2 N–H and O–H groups in total. The minimum absolute atomic E-state index is 0.0268. The van der Waals surface area contributed by atoms with E-state index in [1.165, 1.54) is 0 Å². The van der Waals surface area contributed by atoms with Gasteiger partial charge in [-0.1, -0.05) is 42.4 Å². The molecule has 3 rings (SSSR count). The molecule has 1 fully saturated rings. The van der Waals surface area contributed by atoms with Gasteiger partial charge in [0.05, 0.1) is 5.92 Å². The highest BCUT2D eigenvalue weighted by molar-refractivity contribution is 5.80. The molecule has 2 amide bonds. The zero-order chi connectivity index (χ0) is 17.8. The number of nitrogens with one attached hydrogen (secondary N) is 2. The van der Waals surface area contributed by atoms with Gasteiger partial charge >= 0.3 is 0 Å². The second kappa shape index (κ2) is 7.46. The predicted molar refractivity (Wildman–Crippen MR) is 91.5 cm³/mol. The van der Waals surface area contributed by atoms with Gasteiger partial charge < -0.3 is 15.2 Å². The van der Waals surface area contributed by atoms with Crippen LogP contribution in [0.15, 0.2) is 34.9 Å². The third-order valence-electron chi connectivity index (χ3n) is 4.64. The third kappa shape index (κ3) is 3.70. The number of carbonyl (C=O) groups is 2. The maximum Gasteiger partial charge on any atom is 0.232 e. The fraction of sp³-hybridized carbons (Fsp3) is 0.444. The molecule has 3 atom stereocenters. The number of amides is 2. The number of benzene rings is 1. The molecule has 132 valence electrons. The van der Waals surface area contributed by atoms with Gasteiger partial charge in [0, 0.05) is 31.0 Å². The molecular formula is C18H22N4O3. The summed E-state index contributed by atoms with van der Waals surface area (Å²) < 4.78 is 5.47. The molecule has 0 aliphatic heterocycles. The highest BCUT2D eigenvalue weighted by Gasteiger charge is 2.42. The van der Waals surface area contributed by atoms with Crippen LogP contribution in [-0.2, 0) is 9.59 Å². The van der Waals surface area contributed by atoms with Crippen molar-refractivity contribution in [1.29, 1.82) is 0 Å². The van der Waals surface area contributed by atoms with Gasteiger partial charge in [0.2, 0.25) is 23.5 Å². The van der Waals surface area contributed by atoms with Gasteiger partial charge in [0.25, 0.3) is 0 Å². The Morgan fingerprint density at radius 2 is 2.00 bits per heavy atom. The number of hydrogen-bond acceptors (Lipinski definition) is 5. The van der Waals surface area contributed by atoms with Crippen molar-refractivity contribution >= 4 is 11.8 Å². The van der Waals surface area contributed by atoms with Crippen LogP contribution in [0.5, 0.6) is 0 Å². The van der Waals surface area contributed by atoms with E-state index in [9.17, 15) is 9.59 Å². The lowest BCUT2D eigenvalue weighted by molar-refractivity contribution is -0.125. The summed E-state index contributed by atoms with van der Waals surface area (Å²) in [5.41, 5.74) is 0.868. The summed E-state index contributed by atoms with van der Waals surface area (Å²) in [5, 5.41) is 9.72. The average molecular weight is 342 g/mol. The first-order valence-corrected chi connectivity index (χ1v) is 8.52. The van der Waals surface area contributed by atoms with Gasteiger partial charge in [-0.15, -0.1) is 0 Å². The van der Waals surface area contributed by atoms with Crippen LogP contribution in [-0.4, -0.2) is 35.0 Å². The van der Waals surface area contributed by atoms with Crippen molar-refractivity contribution in [3.63, 3.8) is 0 Å². The molecule has 3 unspecified atom stereocenters. The Bertz CT molecular complexity index is 744. The Hall–Kier alpha value is -2.70. The molecule has 1 saturated carbocycles. The van der Waals surface area contributed by atoms with Crippen LogP contribution in [0, 0.1) is 5.92 Å². The molecule has 1 aromatic heterocycles. The monoisotopic (exact) mass is 342 g/mol. The second-order valence-corrected chi connectivity index (χ2v) is 6.24. The zero-order valence-electron chi connectivity index (χ0n) is 14.4. The molecule has 25 heavy (non-hydrogen) atoms. The normalized spacial score (nSPS) is 22.6. The molecule has 0 bridgehead atoms. The van der Waals surface area contributed by atoms with Gasteiger partial charge in [-0.25, -0.2) is 0 Å². The summed E-state index contributed by atoms with van der Waals surface area (Å²) in [6, 6.07) is 9.38.